The van der Waals surface area contributed by atoms with Crippen LogP contribution in [0.4, 0.5) is 5.82 Å². The minimum atomic E-state index is -3.45. The van der Waals surface area contributed by atoms with Crippen LogP contribution in [0.25, 0.3) is 0 Å². The summed E-state index contributed by atoms with van der Waals surface area (Å²) < 4.78 is 27.0. The molecule has 0 atom stereocenters. The summed E-state index contributed by atoms with van der Waals surface area (Å²) in [7, 11) is -3.45. The predicted octanol–water partition coefficient (Wildman–Crippen LogP) is 2.23. The Morgan fingerprint density at radius 2 is 1.95 bits per heavy atom. The molecule has 1 heterocycles. The largest absolute Gasteiger partial charge is 0.370 e. The molecule has 19 heavy (non-hydrogen) atoms. The molecular formula is C13H23N3O2S. The van der Waals surface area contributed by atoms with Crippen LogP contribution in [-0.4, -0.2) is 26.5 Å². The zero-order chi connectivity index (χ0) is 14.3. The van der Waals surface area contributed by atoms with Crippen molar-refractivity contribution in [3.05, 3.63) is 18.3 Å². The molecule has 0 aliphatic carbocycles. The Kier molecular flexibility index (Phi) is 6.24. The molecule has 0 radical (unpaired) electrons. The van der Waals surface area contributed by atoms with Crippen molar-refractivity contribution in [2.24, 2.45) is 5.92 Å². The zero-order valence-corrected chi connectivity index (χ0v) is 12.6. The molecule has 108 valence electrons. The second-order valence-corrected chi connectivity index (χ2v) is 6.21. The van der Waals surface area contributed by atoms with E-state index < -0.39 is 10.0 Å². The van der Waals surface area contributed by atoms with Crippen LogP contribution in [0.2, 0.25) is 0 Å². The van der Waals surface area contributed by atoms with Gasteiger partial charge in [0.15, 0.2) is 0 Å². The van der Waals surface area contributed by atoms with Crippen LogP contribution in [-0.2, 0) is 10.0 Å². The van der Waals surface area contributed by atoms with Gasteiger partial charge in [0.2, 0.25) is 10.0 Å². The van der Waals surface area contributed by atoms with Gasteiger partial charge in [-0.3, -0.25) is 0 Å². The van der Waals surface area contributed by atoms with Crippen LogP contribution in [0, 0.1) is 5.92 Å². The number of aromatic nitrogens is 1. The van der Waals surface area contributed by atoms with Gasteiger partial charge < -0.3 is 5.32 Å². The average molecular weight is 285 g/mol. The molecule has 0 saturated heterocycles. The van der Waals surface area contributed by atoms with Crippen molar-refractivity contribution in [3.8, 4) is 0 Å². The summed E-state index contributed by atoms with van der Waals surface area (Å²) in [5.41, 5.74) is 0. The number of anilines is 1. The first-order valence-electron chi connectivity index (χ1n) is 6.73. The van der Waals surface area contributed by atoms with E-state index >= 15 is 0 Å². The van der Waals surface area contributed by atoms with Crippen molar-refractivity contribution < 1.29 is 8.42 Å². The van der Waals surface area contributed by atoms with E-state index in [9.17, 15) is 8.42 Å². The lowest BCUT2D eigenvalue weighted by Gasteiger charge is -2.14. The Morgan fingerprint density at radius 3 is 2.53 bits per heavy atom. The van der Waals surface area contributed by atoms with Crippen molar-refractivity contribution >= 4 is 15.8 Å². The maximum Gasteiger partial charge on any atom is 0.240 e. The Morgan fingerprint density at radius 1 is 1.26 bits per heavy atom. The molecule has 0 bridgehead atoms. The molecule has 0 aliphatic rings. The highest BCUT2D eigenvalue weighted by molar-refractivity contribution is 7.89. The molecule has 1 aromatic heterocycles. The molecule has 0 spiro atoms. The van der Waals surface area contributed by atoms with Crippen molar-refractivity contribution in [3.63, 3.8) is 0 Å². The highest BCUT2D eigenvalue weighted by Gasteiger charge is 2.16. The van der Waals surface area contributed by atoms with Crippen LogP contribution in [0.5, 0.6) is 0 Å². The van der Waals surface area contributed by atoms with Crippen molar-refractivity contribution in [2.45, 2.75) is 38.5 Å². The first kappa shape index (κ1) is 15.9. The second kappa shape index (κ2) is 7.45. The standard InChI is InChI=1S/C13H23N3O2S/c1-4-11(5-2)10-16-19(17,18)12-7-8-15-13(9-12)14-6-3/h7-9,11,16H,4-6,10H2,1-3H3,(H,14,15). The average Bonchev–Trinajstić information content (AvgIpc) is 2.40. The van der Waals surface area contributed by atoms with Gasteiger partial charge in [-0.25, -0.2) is 18.1 Å². The lowest BCUT2D eigenvalue weighted by Crippen LogP contribution is -2.29. The van der Waals surface area contributed by atoms with Gasteiger partial charge in [-0.1, -0.05) is 26.7 Å². The molecule has 0 amide bonds. The van der Waals surface area contributed by atoms with E-state index in [2.05, 4.69) is 28.9 Å². The van der Waals surface area contributed by atoms with E-state index in [1.165, 1.54) is 12.3 Å². The summed E-state index contributed by atoms with van der Waals surface area (Å²) in [6.07, 6.45) is 3.44. The Labute approximate surface area is 115 Å². The third kappa shape index (κ3) is 4.80. The molecule has 1 rings (SSSR count). The van der Waals surface area contributed by atoms with E-state index in [1.54, 1.807) is 6.07 Å². The Hall–Kier alpha value is -1.14. The monoisotopic (exact) mass is 285 g/mol. The van der Waals surface area contributed by atoms with Gasteiger partial charge >= 0.3 is 0 Å². The smallest absolute Gasteiger partial charge is 0.240 e. The zero-order valence-electron chi connectivity index (χ0n) is 11.8. The van der Waals surface area contributed by atoms with Crippen LogP contribution in [0.1, 0.15) is 33.6 Å². The van der Waals surface area contributed by atoms with Gasteiger partial charge in [0.25, 0.3) is 0 Å². The molecule has 0 fully saturated rings. The molecule has 1 aromatic rings. The SMILES string of the molecule is CCNc1cc(S(=O)(=O)NCC(CC)CC)ccn1. The summed E-state index contributed by atoms with van der Waals surface area (Å²) in [6.45, 7) is 7.26. The number of sulfonamides is 1. The topological polar surface area (TPSA) is 71.1 Å². The minimum absolute atomic E-state index is 0.254. The lowest BCUT2D eigenvalue weighted by molar-refractivity contribution is 0.479. The van der Waals surface area contributed by atoms with Crippen LogP contribution in [0.3, 0.4) is 0 Å². The Balaban J connectivity index is 2.79. The van der Waals surface area contributed by atoms with E-state index in [-0.39, 0.29) is 4.90 Å². The summed E-state index contributed by atoms with van der Waals surface area (Å²) in [5, 5.41) is 3.00. The van der Waals surface area contributed by atoms with Gasteiger partial charge in [0.05, 0.1) is 4.90 Å². The number of hydrogen-bond acceptors (Lipinski definition) is 4. The molecular weight excluding hydrogens is 262 g/mol. The van der Waals surface area contributed by atoms with E-state index in [1.807, 2.05) is 6.92 Å². The highest BCUT2D eigenvalue weighted by atomic mass is 32.2. The fraction of sp³-hybridized carbons (Fsp3) is 0.615. The van der Waals surface area contributed by atoms with Crippen molar-refractivity contribution in [1.29, 1.82) is 0 Å². The third-order valence-electron chi connectivity index (χ3n) is 3.12. The number of hydrogen-bond donors (Lipinski definition) is 2. The molecule has 0 aliphatic heterocycles. The highest BCUT2D eigenvalue weighted by Crippen LogP contribution is 2.13. The number of nitrogens with one attached hydrogen (secondary N) is 2. The van der Waals surface area contributed by atoms with Crippen LogP contribution >= 0.6 is 0 Å². The second-order valence-electron chi connectivity index (χ2n) is 4.44. The van der Waals surface area contributed by atoms with Crippen LogP contribution in [0.15, 0.2) is 23.2 Å². The number of rotatable bonds is 8. The predicted molar refractivity (Wildman–Crippen MR) is 77.7 cm³/mol. The fourth-order valence-corrected chi connectivity index (χ4v) is 2.87. The summed E-state index contributed by atoms with van der Waals surface area (Å²) in [4.78, 5) is 4.32. The molecule has 6 heteroatoms. The molecule has 0 saturated carbocycles. The fourth-order valence-electron chi connectivity index (χ4n) is 1.74. The Bertz CT molecular complexity index is 484. The maximum absolute atomic E-state index is 12.2. The molecule has 2 N–H and O–H groups in total. The summed E-state index contributed by atoms with van der Waals surface area (Å²) >= 11 is 0. The quantitative estimate of drug-likeness (QED) is 0.768. The first-order valence-corrected chi connectivity index (χ1v) is 8.21. The van der Waals surface area contributed by atoms with Gasteiger partial charge in [0.1, 0.15) is 5.82 Å². The molecule has 0 aromatic carbocycles. The molecule has 0 unspecified atom stereocenters. The summed E-state index contributed by atoms with van der Waals surface area (Å²) in [6, 6.07) is 3.06. The van der Waals surface area contributed by atoms with E-state index in [4.69, 9.17) is 0 Å². The van der Waals surface area contributed by atoms with E-state index in [0.29, 0.717) is 24.8 Å². The van der Waals surface area contributed by atoms with E-state index in [0.717, 1.165) is 12.8 Å². The normalized spacial score (nSPS) is 11.8. The van der Waals surface area contributed by atoms with Gasteiger partial charge in [-0.2, -0.15) is 0 Å². The summed E-state index contributed by atoms with van der Waals surface area (Å²) in [5.74, 6) is 0.956. The first-order chi connectivity index (χ1) is 9.03. The number of pyridine rings is 1. The van der Waals surface area contributed by atoms with Gasteiger partial charge in [-0.05, 0) is 18.9 Å². The lowest BCUT2D eigenvalue weighted by atomic mass is 10.0. The van der Waals surface area contributed by atoms with Gasteiger partial charge in [-0.15, -0.1) is 0 Å². The van der Waals surface area contributed by atoms with Crippen molar-refractivity contribution in [2.75, 3.05) is 18.4 Å². The third-order valence-corrected chi connectivity index (χ3v) is 4.54. The van der Waals surface area contributed by atoms with Crippen LogP contribution < -0.4 is 10.0 Å². The van der Waals surface area contributed by atoms with Crippen molar-refractivity contribution in [1.82, 2.24) is 9.71 Å². The minimum Gasteiger partial charge on any atom is -0.370 e. The maximum atomic E-state index is 12.2. The van der Waals surface area contributed by atoms with Gasteiger partial charge in [0, 0.05) is 25.4 Å². The number of nitrogens with zero attached hydrogens (tertiary/aromatic N) is 1. The molecule has 5 nitrogen and oxygen atoms in total.